The fourth-order valence-electron chi connectivity index (χ4n) is 6.28. The summed E-state index contributed by atoms with van der Waals surface area (Å²) in [6.45, 7) is 0. The Morgan fingerprint density at radius 3 is 2.66 bits per heavy atom. The van der Waals surface area contributed by atoms with Crippen molar-refractivity contribution in [2.75, 3.05) is 7.05 Å². The Morgan fingerprint density at radius 2 is 1.78 bits per heavy atom. The van der Waals surface area contributed by atoms with Crippen LogP contribution < -0.4 is 0 Å². The van der Waals surface area contributed by atoms with Crippen molar-refractivity contribution in [3.05, 3.63) is 113 Å². The lowest BCUT2D eigenvalue weighted by molar-refractivity contribution is 0.372. The predicted molar refractivity (Wildman–Crippen MR) is 133 cm³/mol. The SMILES string of the molecule is CN1C=CC2C3=CCC4C(=C3C=CC21)C=Cc1c4ccc2c1cc(-c1ccccc1)n2C. The highest BCUT2D eigenvalue weighted by atomic mass is 15.1. The monoisotopic (exact) mass is 414 g/mol. The number of hydrogen-bond acceptors (Lipinski definition) is 1. The lowest BCUT2D eigenvalue weighted by Gasteiger charge is -2.36. The Hall–Kier alpha value is -3.52. The fourth-order valence-corrected chi connectivity index (χ4v) is 6.28. The third-order valence-electron chi connectivity index (χ3n) is 7.93. The number of rotatable bonds is 1. The number of fused-ring (bicyclic) bond motifs is 8. The molecule has 0 saturated heterocycles. The predicted octanol–water partition coefficient (Wildman–Crippen LogP) is 6.60. The average Bonchev–Trinajstić information content (AvgIpc) is 3.39. The molecule has 0 saturated carbocycles. The van der Waals surface area contributed by atoms with Crippen LogP contribution in [0.25, 0.3) is 28.2 Å². The summed E-state index contributed by atoms with van der Waals surface area (Å²) in [4.78, 5) is 2.33. The van der Waals surface area contributed by atoms with E-state index in [0.29, 0.717) is 17.9 Å². The molecule has 0 bridgehead atoms. The first-order valence-corrected chi connectivity index (χ1v) is 11.6. The van der Waals surface area contributed by atoms with E-state index in [2.05, 4.69) is 115 Å². The third-order valence-corrected chi connectivity index (χ3v) is 7.93. The highest BCUT2D eigenvalue weighted by Gasteiger charge is 2.37. The number of benzene rings is 2. The van der Waals surface area contributed by atoms with Crippen LogP contribution >= 0.6 is 0 Å². The van der Waals surface area contributed by atoms with E-state index in [-0.39, 0.29) is 0 Å². The van der Waals surface area contributed by atoms with Gasteiger partial charge in [0, 0.05) is 42.5 Å². The van der Waals surface area contributed by atoms with Gasteiger partial charge in [-0.3, -0.25) is 0 Å². The van der Waals surface area contributed by atoms with Crippen LogP contribution in [0.1, 0.15) is 23.5 Å². The van der Waals surface area contributed by atoms with Crippen molar-refractivity contribution < 1.29 is 0 Å². The molecule has 2 heteroatoms. The molecule has 0 fully saturated rings. The van der Waals surface area contributed by atoms with Gasteiger partial charge < -0.3 is 9.47 Å². The lowest BCUT2D eigenvalue weighted by atomic mass is 9.69. The summed E-state index contributed by atoms with van der Waals surface area (Å²) in [5.41, 5.74) is 11.2. The van der Waals surface area contributed by atoms with Gasteiger partial charge in [-0.15, -0.1) is 0 Å². The summed E-state index contributed by atoms with van der Waals surface area (Å²) in [6.07, 6.45) is 17.8. The van der Waals surface area contributed by atoms with Crippen LogP contribution in [0, 0.1) is 5.92 Å². The molecule has 3 atom stereocenters. The Morgan fingerprint density at radius 1 is 0.906 bits per heavy atom. The molecule has 156 valence electrons. The van der Waals surface area contributed by atoms with E-state index in [4.69, 9.17) is 0 Å². The molecular weight excluding hydrogens is 388 g/mol. The van der Waals surface area contributed by atoms with E-state index in [9.17, 15) is 0 Å². The van der Waals surface area contributed by atoms with Crippen LogP contribution in [-0.4, -0.2) is 22.6 Å². The molecular formula is C30H26N2. The topological polar surface area (TPSA) is 8.17 Å². The zero-order chi connectivity index (χ0) is 21.4. The molecule has 1 aromatic heterocycles. The van der Waals surface area contributed by atoms with Crippen molar-refractivity contribution in [1.29, 1.82) is 0 Å². The van der Waals surface area contributed by atoms with Gasteiger partial charge in [0.1, 0.15) is 0 Å². The van der Waals surface area contributed by atoms with Gasteiger partial charge in [-0.05, 0) is 58.2 Å². The normalized spacial score (nSPS) is 25.0. The molecule has 3 aliphatic carbocycles. The summed E-state index contributed by atoms with van der Waals surface area (Å²) in [7, 11) is 4.36. The zero-order valence-electron chi connectivity index (χ0n) is 18.5. The van der Waals surface area contributed by atoms with Crippen molar-refractivity contribution in [3.63, 3.8) is 0 Å². The molecule has 2 nitrogen and oxygen atoms in total. The number of aryl methyl sites for hydroxylation is 1. The summed E-state index contributed by atoms with van der Waals surface area (Å²) in [5, 5.41) is 1.36. The van der Waals surface area contributed by atoms with Crippen molar-refractivity contribution in [1.82, 2.24) is 9.47 Å². The highest BCUT2D eigenvalue weighted by Crippen LogP contribution is 2.49. The quantitative estimate of drug-likeness (QED) is 0.436. The maximum atomic E-state index is 2.52. The molecule has 0 amide bonds. The van der Waals surface area contributed by atoms with Gasteiger partial charge in [-0.25, -0.2) is 0 Å². The van der Waals surface area contributed by atoms with Crippen LogP contribution in [0.15, 0.2) is 102 Å². The number of allylic oxidation sites excluding steroid dienone is 5. The molecule has 3 unspecified atom stereocenters. The van der Waals surface area contributed by atoms with Gasteiger partial charge in [0.05, 0.1) is 6.04 Å². The van der Waals surface area contributed by atoms with Crippen LogP contribution in [0.3, 0.4) is 0 Å². The van der Waals surface area contributed by atoms with E-state index in [1.165, 1.54) is 50.0 Å². The largest absolute Gasteiger partial charge is 0.373 e. The van der Waals surface area contributed by atoms with E-state index >= 15 is 0 Å². The first kappa shape index (κ1) is 18.1. The first-order chi connectivity index (χ1) is 15.7. The number of likely N-dealkylation sites (N-methyl/N-ethyl adjacent to an activating group) is 1. The van der Waals surface area contributed by atoms with Gasteiger partial charge in [0.2, 0.25) is 0 Å². The Kier molecular flexibility index (Phi) is 3.67. The van der Waals surface area contributed by atoms with Crippen LogP contribution in [0.2, 0.25) is 0 Å². The number of hydrogen-bond donors (Lipinski definition) is 0. The smallest absolute Gasteiger partial charge is 0.0571 e. The van der Waals surface area contributed by atoms with Gasteiger partial charge in [-0.1, -0.05) is 72.9 Å². The molecule has 2 aromatic carbocycles. The molecule has 32 heavy (non-hydrogen) atoms. The molecule has 0 radical (unpaired) electrons. The van der Waals surface area contributed by atoms with Gasteiger partial charge in [0.15, 0.2) is 0 Å². The van der Waals surface area contributed by atoms with Crippen LogP contribution in [0.5, 0.6) is 0 Å². The fraction of sp³-hybridized carbons (Fsp3) is 0.200. The maximum Gasteiger partial charge on any atom is 0.0571 e. The van der Waals surface area contributed by atoms with Crippen molar-refractivity contribution in [3.8, 4) is 11.3 Å². The minimum Gasteiger partial charge on any atom is -0.373 e. The lowest BCUT2D eigenvalue weighted by Crippen LogP contribution is -2.31. The van der Waals surface area contributed by atoms with E-state index in [1.54, 1.807) is 0 Å². The molecule has 1 aliphatic heterocycles. The molecule has 2 heterocycles. The Bertz CT molecular complexity index is 1420. The summed E-state index contributed by atoms with van der Waals surface area (Å²) < 4.78 is 2.33. The zero-order valence-corrected chi connectivity index (χ0v) is 18.5. The highest BCUT2D eigenvalue weighted by molar-refractivity contribution is 5.96. The van der Waals surface area contributed by atoms with E-state index in [1.807, 2.05) is 0 Å². The van der Waals surface area contributed by atoms with E-state index < -0.39 is 0 Å². The second kappa shape index (κ2) is 6.49. The molecule has 3 aromatic rings. The molecule has 0 spiro atoms. The van der Waals surface area contributed by atoms with Crippen molar-refractivity contribution in [2.45, 2.75) is 18.4 Å². The Labute approximate surface area is 189 Å². The Balaban J connectivity index is 1.37. The minimum absolute atomic E-state index is 0.447. The molecule has 0 N–H and O–H groups in total. The second-order valence-corrected chi connectivity index (χ2v) is 9.49. The molecule has 4 aliphatic rings. The number of nitrogens with zero attached hydrogens (tertiary/aromatic N) is 2. The summed E-state index contributed by atoms with van der Waals surface area (Å²) in [5.74, 6) is 0.941. The summed E-state index contributed by atoms with van der Waals surface area (Å²) >= 11 is 0. The molecule has 7 rings (SSSR count). The van der Waals surface area contributed by atoms with Crippen molar-refractivity contribution >= 4 is 17.0 Å². The number of aromatic nitrogens is 1. The summed E-state index contributed by atoms with van der Waals surface area (Å²) in [6, 6.07) is 18.3. The van der Waals surface area contributed by atoms with Crippen LogP contribution in [-0.2, 0) is 7.05 Å². The second-order valence-electron chi connectivity index (χ2n) is 9.49. The van der Waals surface area contributed by atoms with E-state index in [0.717, 1.165) is 6.42 Å². The van der Waals surface area contributed by atoms with Crippen molar-refractivity contribution in [2.24, 2.45) is 13.0 Å². The van der Waals surface area contributed by atoms with Gasteiger partial charge in [-0.2, -0.15) is 0 Å². The first-order valence-electron chi connectivity index (χ1n) is 11.6. The standard InChI is InChI=1S/C30H26N2/c1-31-17-16-26-24-10-8-21-20(22(24)12-14-28(26)31)9-11-25-23(21)13-15-29-27(25)18-30(32(29)2)19-6-4-3-5-7-19/h3-7,9-18,21,26,28H,8H2,1-2H3. The van der Waals surface area contributed by atoms with Crippen LogP contribution in [0.4, 0.5) is 0 Å². The van der Waals surface area contributed by atoms with Gasteiger partial charge >= 0.3 is 0 Å². The minimum atomic E-state index is 0.447. The van der Waals surface area contributed by atoms with Gasteiger partial charge in [0.25, 0.3) is 0 Å². The maximum absolute atomic E-state index is 2.52. The average molecular weight is 415 g/mol. The third kappa shape index (κ3) is 2.35.